The van der Waals surface area contributed by atoms with Crippen LogP contribution in [0, 0.1) is 0 Å². The zero-order chi connectivity index (χ0) is 34.5. The highest BCUT2D eigenvalue weighted by molar-refractivity contribution is 5.88. The molecule has 1 fully saturated rings. The molecule has 1 heterocycles. The number of ether oxygens (including phenoxy) is 6. The van der Waals surface area contributed by atoms with Gasteiger partial charge in [-0.2, -0.15) is 0 Å². The zero-order valence-electron chi connectivity index (χ0n) is 29.0. The van der Waals surface area contributed by atoms with Crippen LogP contribution in [0.2, 0.25) is 0 Å². The fourth-order valence-electron chi connectivity index (χ4n) is 5.64. The van der Waals surface area contributed by atoms with Crippen molar-refractivity contribution in [1.82, 2.24) is 15.1 Å². The summed E-state index contributed by atoms with van der Waals surface area (Å²) in [6.07, 6.45) is 7.81. The maximum absolute atomic E-state index is 12.9. The van der Waals surface area contributed by atoms with Crippen LogP contribution in [-0.4, -0.2) is 102 Å². The molecule has 1 unspecified atom stereocenters. The lowest BCUT2D eigenvalue weighted by Crippen LogP contribution is -2.56. The van der Waals surface area contributed by atoms with Crippen molar-refractivity contribution in [2.75, 3.05) is 80.4 Å². The lowest BCUT2D eigenvalue weighted by atomic mass is 9.96. The predicted octanol–water partition coefficient (Wildman–Crippen LogP) is 5.51. The van der Waals surface area contributed by atoms with Gasteiger partial charge in [0.2, 0.25) is 5.91 Å². The van der Waals surface area contributed by atoms with Gasteiger partial charge in [-0.3, -0.25) is 14.6 Å². The first-order chi connectivity index (χ1) is 24.1. The normalized spacial score (nSPS) is 14.9. The van der Waals surface area contributed by atoms with Gasteiger partial charge in [-0.15, -0.1) is 0 Å². The molecule has 3 aromatic rings. The van der Waals surface area contributed by atoms with Gasteiger partial charge in [0.05, 0.1) is 38.6 Å². The minimum absolute atomic E-state index is 0.0352. The molecule has 1 aliphatic heterocycles. The van der Waals surface area contributed by atoms with Crippen LogP contribution in [0.1, 0.15) is 36.1 Å². The van der Waals surface area contributed by atoms with Gasteiger partial charge in [0.15, 0.2) is 25.1 Å². The Balaban J connectivity index is 1.29. The molecular weight excluding hydrogens is 622 g/mol. The number of nitrogens with zero attached hydrogens (tertiary/aromatic N) is 2. The first kappa shape index (κ1) is 37.8. The molecule has 1 N–H and O–H groups in total. The van der Waals surface area contributed by atoms with Crippen molar-refractivity contribution in [2.45, 2.75) is 25.6 Å². The van der Waals surface area contributed by atoms with E-state index < -0.39 is 0 Å². The van der Waals surface area contributed by atoms with Gasteiger partial charge in [0.1, 0.15) is 0 Å². The molecule has 0 spiro atoms. The smallest absolute Gasteiger partial charge is 0.245 e. The third-order valence-corrected chi connectivity index (χ3v) is 8.16. The van der Waals surface area contributed by atoms with E-state index in [2.05, 4.69) is 82.7 Å². The summed E-state index contributed by atoms with van der Waals surface area (Å²) in [6, 6.07) is 27.2. The Bertz CT molecular complexity index is 1370. The Kier molecular flexibility index (Phi) is 16.8. The molecule has 10 heteroatoms. The SMILES string of the molecule is CCC(NC(=O)C=CC=Cc1ccc(OCOCCOC)c(OCOCCOC)c1)N1CCN(C(c2ccccc2)c2ccccc2)CC1. The Morgan fingerprint density at radius 2 is 1.31 bits per heavy atom. The van der Waals surface area contributed by atoms with Crippen molar-refractivity contribution in [3.8, 4) is 11.5 Å². The first-order valence-corrected chi connectivity index (χ1v) is 16.9. The molecule has 10 nitrogen and oxygen atoms in total. The van der Waals surface area contributed by atoms with Gasteiger partial charge >= 0.3 is 0 Å². The van der Waals surface area contributed by atoms with Crippen molar-refractivity contribution >= 4 is 12.0 Å². The fraction of sp³-hybridized carbons (Fsp3) is 0.410. The highest BCUT2D eigenvalue weighted by Crippen LogP contribution is 2.30. The second-order valence-corrected chi connectivity index (χ2v) is 11.5. The molecule has 0 saturated carbocycles. The molecule has 1 amide bonds. The summed E-state index contributed by atoms with van der Waals surface area (Å²) in [4.78, 5) is 17.8. The van der Waals surface area contributed by atoms with Gasteiger partial charge < -0.3 is 33.7 Å². The van der Waals surface area contributed by atoms with Crippen LogP contribution in [0.15, 0.2) is 97.1 Å². The maximum atomic E-state index is 12.9. The van der Waals surface area contributed by atoms with Crippen LogP contribution >= 0.6 is 0 Å². The molecular formula is C39H51N3O7. The molecule has 264 valence electrons. The average molecular weight is 674 g/mol. The van der Waals surface area contributed by atoms with E-state index in [-0.39, 0.29) is 31.7 Å². The van der Waals surface area contributed by atoms with Gasteiger partial charge in [-0.25, -0.2) is 0 Å². The van der Waals surface area contributed by atoms with Crippen molar-refractivity contribution in [3.05, 3.63) is 114 Å². The maximum Gasteiger partial charge on any atom is 0.245 e. The summed E-state index contributed by atoms with van der Waals surface area (Å²) in [5, 5.41) is 3.20. The number of piperazine rings is 1. The third-order valence-electron chi connectivity index (χ3n) is 8.16. The van der Waals surface area contributed by atoms with Gasteiger partial charge in [0, 0.05) is 46.5 Å². The molecule has 3 aromatic carbocycles. The average Bonchev–Trinajstić information content (AvgIpc) is 3.14. The standard InChI is InChI=1S/C39H51N3O7/c1-4-37(41-21-23-42(24-22-41)39(33-14-7-5-8-15-33)34-16-9-6-10-17-34)40-38(43)18-12-11-13-32-19-20-35(48-30-46-27-25-44-2)36(29-32)49-31-47-28-26-45-3/h5-20,29,37,39H,4,21-28,30-31H2,1-3H3,(H,40,43). The monoisotopic (exact) mass is 673 g/mol. The van der Waals surface area contributed by atoms with Crippen molar-refractivity contribution in [1.29, 1.82) is 0 Å². The molecule has 1 atom stereocenters. The van der Waals surface area contributed by atoms with Crippen molar-refractivity contribution < 1.29 is 33.2 Å². The number of hydrogen-bond donors (Lipinski definition) is 1. The lowest BCUT2D eigenvalue weighted by molar-refractivity contribution is -0.118. The highest BCUT2D eigenvalue weighted by Gasteiger charge is 2.29. The van der Waals surface area contributed by atoms with E-state index in [4.69, 9.17) is 28.4 Å². The summed E-state index contributed by atoms with van der Waals surface area (Å²) >= 11 is 0. The number of hydrogen-bond acceptors (Lipinski definition) is 9. The Morgan fingerprint density at radius 1 is 0.735 bits per heavy atom. The Morgan fingerprint density at radius 3 is 1.88 bits per heavy atom. The Labute approximate surface area is 291 Å². The molecule has 0 bridgehead atoms. The first-order valence-electron chi connectivity index (χ1n) is 16.9. The van der Waals surface area contributed by atoms with Crippen LogP contribution in [0.3, 0.4) is 0 Å². The minimum Gasteiger partial charge on any atom is -0.464 e. The quantitative estimate of drug-likeness (QED) is 0.0680. The molecule has 1 aliphatic rings. The van der Waals surface area contributed by atoms with E-state index in [9.17, 15) is 4.79 Å². The molecule has 0 radical (unpaired) electrons. The van der Waals surface area contributed by atoms with Gasteiger partial charge in [-0.05, 0) is 35.2 Å². The number of rotatable bonds is 21. The number of allylic oxidation sites excluding steroid dienone is 2. The van der Waals surface area contributed by atoms with Crippen LogP contribution in [-0.2, 0) is 23.7 Å². The molecule has 49 heavy (non-hydrogen) atoms. The van der Waals surface area contributed by atoms with Crippen LogP contribution in [0.5, 0.6) is 11.5 Å². The van der Waals surface area contributed by atoms with E-state index in [1.54, 1.807) is 26.4 Å². The third kappa shape index (κ3) is 12.7. The van der Waals surface area contributed by atoms with Crippen LogP contribution in [0.25, 0.3) is 6.08 Å². The van der Waals surface area contributed by atoms with E-state index in [0.717, 1.165) is 38.2 Å². The van der Waals surface area contributed by atoms with E-state index in [1.165, 1.54) is 11.1 Å². The number of methoxy groups -OCH3 is 2. The fourth-order valence-corrected chi connectivity index (χ4v) is 5.64. The largest absolute Gasteiger partial charge is 0.464 e. The van der Waals surface area contributed by atoms with Crippen LogP contribution < -0.4 is 14.8 Å². The number of carbonyl (C=O) groups is 1. The number of benzene rings is 3. The second-order valence-electron chi connectivity index (χ2n) is 11.5. The molecule has 1 saturated heterocycles. The highest BCUT2D eigenvalue weighted by atomic mass is 16.7. The Hall–Kier alpha value is -4.03. The van der Waals surface area contributed by atoms with E-state index in [1.807, 2.05) is 30.4 Å². The number of nitrogens with one attached hydrogen (secondary N) is 1. The van der Waals surface area contributed by atoms with E-state index in [0.29, 0.717) is 37.9 Å². The van der Waals surface area contributed by atoms with Gasteiger partial charge in [-0.1, -0.05) is 91.9 Å². The van der Waals surface area contributed by atoms with Crippen molar-refractivity contribution in [3.63, 3.8) is 0 Å². The summed E-state index contributed by atoms with van der Waals surface area (Å²) in [6.45, 7) is 7.59. The van der Waals surface area contributed by atoms with Crippen molar-refractivity contribution in [2.24, 2.45) is 0 Å². The molecule has 0 aromatic heterocycles. The summed E-state index contributed by atoms with van der Waals surface area (Å²) in [5.41, 5.74) is 3.46. The molecule has 0 aliphatic carbocycles. The van der Waals surface area contributed by atoms with E-state index >= 15 is 0 Å². The number of carbonyl (C=O) groups excluding carboxylic acids is 1. The molecule has 4 rings (SSSR count). The summed E-state index contributed by atoms with van der Waals surface area (Å²) in [5.74, 6) is 0.920. The summed E-state index contributed by atoms with van der Waals surface area (Å²) < 4.78 is 32.5. The minimum atomic E-state index is -0.125. The van der Waals surface area contributed by atoms with Crippen LogP contribution in [0.4, 0.5) is 0 Å². The number of amides is 1. The topological polar surface area (TPSA) is 91.0 Å². The zero-order valence-corrected chi connectivity index (χ0v) is 29.0. The predicted molar refractivity (Wildman–Crippen MR) is 191 cm³/mol. The van der Waals surface area contributed by atoms with Gasteiger partial charge in [0.25, 0.3) is 0 Å². The lowest BCUT2D eigenvalue weighted by Gasteiger charge is -2.42. The summed E-state index contributed by atoms with van der Waals surface area (Å²) in [7, 11) is 3.23. The second kappa shape index (κ2) is 21.8.